The number of esters is 1. The zero-order chi connectivity index (χ0) is 35.6. The molecule has 0 unspecified atom stereocenters. The molecule has 2 aliphatic heterocycles. The summed E-state index contributed by atoms with van der Waals surface area (Å²) < 4.78 is 18.1. The second-order valence-electron chi connectivity index (χ2n) is 13.2. The van der Waals surface area contributed by atoms with Crippen molar-refractivity contribution in [2.24, 2.45) is 0 Å². The summed E-state index contributed by atoms with van der Waals surface area (Å²) in [7, 11) is 1.31. The van der Waals surface area contributed by atoms with Crippen LogP contribution >= 0.6 is 0 Å². The van der Waals surface area contributed by atoms with E-state index >= 15 is 0 Å². The monoisotopic (exact) mass is 693 g/mol. The third kappa shape index (κ3) is 9.40. The first kappa shape index (κ1) is 36.2. The summed E-state index contributed by atoms with van der Waals surface area (Å²) in [6.07, 6.45) is 2.17. The highest BCUT2D eigenvalue weighted by molar-refractivity contribution is 5.84. The van der Waals surface area contributed by atoms with Crippen LogP contribution in [0, 0.1) is 0 Å². The lowest BCUT2D eigenvalue weighted by Crippen LogP contribution is -2.47. The Morgan fingerprint density at radius 1 is 0.882 bits per heavy atom. The van der Waals surface area contributed by atoms with Crippen molar-refractivity contribution >= 4 is 12.0 Å². The van der Waals surface area contributed by atoms with Crippen molar-refractivity contribution in [3.8, 4) is 11.1 Å². The van der Waals surface area contributed by atoms with Gasteiger partial charge >= 0.3 is 12.0 Å². The third-order valence-electron chi connectivity index (χ3n) is 9.79. The molecule has 2 amide bonds. The second-order valence-corrected chi connectivity index (χ2v) is 13.2. The van der Waals surface area contributed by atoms with Crippen molar-refractivity contribution in [2.45, 2.75) is 69.4 Å². The highest BCUT2D eigenvalue weighted by Crippen LogP contribution is 2.39. The van der Waals surface area contributed by atoms with Crippen molar-refractivity contribution in [1.82, 2.24) is 15.5 Å². The van der Waals surface area contributed by atoms with Crippen LogP contribution < -0.4 is 10.6 Å². The van der Waals surface area contributed by atoms with E-state index in [0.717, 1.165) is 64.9 Å². The SMILES string of the molecule is COC(=O)[C@H](Cc1ccccc1)NC(=O)NCc1ccccc1-c1ccc([C@H]2O[C@@H](CN3CCC[C@H]3CO)C[C@@H](c3ccc(CO)cc3)O2)cc1. The van der Waals surface area contributed by atoms with Gasteiger partial charge in [-0.05, 0) is 52.8 Å². The van der Waals surface area contributed by atoms with Gasteiger partial charge in [-0.25, -0.2) is 9.59 Å². The van der Waals surface area contributed by atoms with Crippen LogP contribution in [0.1, 0.15) is 59.5 Å². The molecule has 4 aromatic rings. The minimum Gasteiger partial charge on any atom is -0.467 e. The number of nitrogens with zero attached hydrogens (tertiary/aromatic N) is 1. The summed E-state index contributed by atoms with van der Waals surface area (Å²) in [5, 5.41) is 25.1. The third-order valence-corrected chi connectivity index (χ3v) is 9.79. The van der Waals surface area contributed by atoms with E-state index in [4.69, 9.17) is 14.2 Å². The summed E-state index contributed by atoms with van der Waals surface area (Å²) in [4.78, 5) is 27.7. The number of benzene rings is 4. The largest absolute Gasteiger partial charge is 0.467 e. The number of carbonyl (C=O) groups is 2. The smallest absolute Gasteiger partial charge is 0.328 e. The molecule has 4 N–H and O–H groups in total. The number of hydrogen-bond acceptors (Lipinski definition) is 8. The van der Waals surface area contributed by atoms with E-state index in [0.29, 0.717) is 12.8 Å². The van der Waals surface area contributed by atoms with Gasteiger partial charge in [-0.2, -0.15) is 0 Å². The van der Waals surface area contributed by atoms with Gasteiger partial charge in [0.2, 0.25) is 0 Å². The zero-order valence-electron chi connectivity index (χ0n) is 28.9. The predicted octanol–water partition coefficient (Wildman–Crippen LogP) is 5.43. The Labute approximate surface area is 299 Å². The Bertz CT molecular complexity index is 1720. The normalized spacial score (nSPS) is 21.2. The fourth-order valence-corrected chi connectivity index (χ4v) is 6.98. The number of carbonyl (C=O) groups excluding carboxylic acids is 2. The molecule has 2 saturated heterocycles. The number of urea groups is 1. The number of nitrogens with one attached hydrogen (secondary N) is 2. The molecule has 0 radical (unpaired) electrons. The minimum atomic E-state index is -0.824. The molecule has 2 fully saturated rings. The van der Waals surface area contributed by atoms with Gasteiger partial charge < -0.3 is 35.1 Å². The summed E-state index contributed by atoms with van der Waals surface area (Å²) >= 11 is 0. The van der Waals surface area contributed by atoms with Crippen LogP contribution in [0.15, 0.2) is 103 Å². The summed E-state index contributed by atoms with van der Waals surface area (Å²) in [6.45, 7) is 2.04. The Morgan fingerprint density at radius 3 is 2.33 bits per heavy atom. The van der Waals surface area contributed by atoms with Crippen LogP contribution in [-0.4, -0.2) is 72.1 Å². The van der Waals surface area contributed by atoms with E-state index in [9.17, 15) is 19.8 Å². The standard InChI is InChI=1S/C41H47N3O7/c1-49-39(47)37(22-28-8-3-2-4-9-28)43-41(48)42-24-33-10-5-6-12-36(33)30-17-19-32(20-18-30)40-50-35(25-44-21-7-11-34(44)27-46)23-38(51-40)31-15-13-29(26-45)14-16-31/h2-6,8-10,12-20,34-35,37-38,40,45-46H,7,11,21-27H2,1H3,(H2,42,43,48)/t34-,35+,37-,38-,40-/m0/s1. The number of aliphatic hydroxyl groups is 2. The molecule has 10 nitrogen and oxygen atoms in total. The minimum absolute atomic E-state index is 0.0129. The van der Waals surface area contributed by atoms with E-state index in [1.54, 1.807) is 0 Å². The van der Waals surface area contributed by atoms with Crippen LogP contribution in [0.3, 0.4) is 0 Å². The second kappa shape index (κ2) is 17.6. The molecule has 0 aromatic heterocycles. The van der Waals surface area contributed by atoms with Gasteiger partial charge in [0.05, 0.1) is 32.5 Å². The van der Waals surface area contributed by atoms with Crippen LogP contribution in [0.25, 0.3) is 11.1 Å². The fraction of sp³-hybridized carbons (Fsp3) is 0.366. The zero-order valence-corrected chi connectivity index (χ0v) is 28.9. The lowest BCUT2D eigenvalue weighted by Gasteiger charge is -2.38. The number of likely N-dealkylation sites (tertiary alicyclic amines) is 1. The maximum atomic E-state index is 13.0. The maximum Gasteiger partial charge on any atom is 0.328 e. The summed E-state index contributed by atoms with van der Waals surface area (Å²) in [5.41, 5.74) is 6.54. The van der Waals surface area contributed by atoms with E-state index in [2.05, 4.69) is 15.5 Å². The van der Waals surface area contributed by atoms with Gasteiger partial charge in [0.1, 0.15) is 6.04 Å². The molecule has 2 aliphatic rings. The van der Waals surface area contributed by atoms with Crippen LogP contribution in [0.2, 0.25) is 0 Å². The van der Waals surface area contributed by atoms with Crippen LogP contribution in [0.5, 0.6) is 0 Å². The Balaban J connectivity index is 1.14. The number of rotatable bonds is 13. The summed E-state index contributed by atoms with van der Waals surface area (Å²) in [6, 6.07) is 32.2. The molecule has 2 heterocycles. The lowest BCUT2D eigenvalue weighted by molar-refractivity contribution is -0.253. The Kier molecular flexibility index (Phi) is 12.5. The Hall–Kier alpha value is -4.58. The Morgan fingerprint density at radius 2 is 1.61 bits per heavy atom. The number of methoxy groups -OCH3 is 1. The number of amides is 2. The van der Waals surface area contributed by atoms with Crippen molar-refractivity contribution in [3.63, 3.8) is 0 Å². The average Bonchev–Trinajstić information content (AvgIpc) is 3.64. The van der Waals surface area contributed by atoms with E-state index in [1.807, 2.05) is 103 Å². The molecule has 5 atom stereocenters. The van der Waals surface area contributed by atoms with Gasteiger partial charge in [0.25, 0.3) is 0 Å². The van der Waals surface area contributed by atoms with Gasteiger partial charge in [0.15, 0.2) is 6.29 Å². The van der Waals surface area contributed by atoms with Gasteiger partial charge in [-0.3, -0.25) is 4.90 Å². The van der Waals surface area contributed by atoms with E-state index in [-0.39, 0.29) is 38.0 Å². The molecule has 6 rings (SSSR count). The molecule has 10 heteroatoms. The average molecular weight is 694 g/mol. The molecular formula is C41H47N3O7. The molecule has 0 saturated carbocycles. The number of hydrogen-bond donors (Lipinski definition) is 4. The first-order valence-corrected chi connectivity index (χ1v) is 17.6. The first-order valence-electron chi connectivity index (χ1n) is 17.6. The van der Waals surface area contributed by atoms with Crippen molar-refractivity contribution in [3.05, 3.63) is 131 Å². The molecule has 268 valence electrons. The van der Waals surface area contributed by atoms with Crippen LogP contribution in [-0.2, 0) is 38.6 Å². The molecular weight excluding hydrogens is 646 g/mol. The van der Waals surface area contributed by atoms with E-state index in [1.165, 1.54) is 7.11 Å². The first-order chi connectivity index (χ1) is 24.9. The number of ether oxygens (including phenoxy) is 3. The van der Waals surface area contributed by atoms with E-state index < -0.39 is 24.3 Å². The predicted molar refractivity (Wildman–Crippen MR) is 193 cm³/mol. The highest BCUT2D eigenvalue weighted by atomic mass is 16.7. The van der Waals surface area contributed by atoms with Gasteiger partial charge in [-0.1, -0.05) is 103 Å². The fourth-order valence-electron chi connectivity index (χ4n) is 6.98. The van der Waals surface area contributed by atoms with Gasteiger partial charge in [-0.15, -0.1) is 0 Å². The molecule has 0 spiro atoms. The summed E-state index contributed by atoms with van der Waals surface area (Å²) in [5.74, 6) is -0.511. The van der Waals surface area contributed by atoms with Gasteiger partial charge in [0, 0.05) is 37.5 Å². The number of aliphatic hydroxyl groups excluding tert-OH is 2. The lowest BCUT2D eigenvalue weighted by atomic mass is 9.97. The van der Waals surface area contributed by atoms with Crippen molar-refractivity contribution in [1.29, 1.82) is 0 Å². The highest BCUT2D eigenvalue weighted by Gasteiger charge is 2.35. The maximum absolute atomic E-state index is 13.0. The van der Waals surface area contributed by atoms with Crippen molar-refractivity contribution in [2.75, 3.05) is 26.8 Å². The topological polar surface area (TPSA) is 130 Å². The molecule has 0 bridgehead atoms. The quantitative estimate of drug-likeness (QED) is 0.137. The molecule has 0 aliphatic carbocycles. The molecule has 51 heavy (non-hydrogen) atoms. The molecule has 4 aromatic carbocycles. The van der Waals surface area contributed by atoms with Crippen LogP contribution in [0.4, 0.5) is 4.79 Å². The van der Waals surface area contributed by atoms with Crippen molar-refractivity contribution < 1.29 is 34.0 Å².